The maximum absolute atomic E-state index is 13.5. The van der Waals surface area contributed by atoms with Gasteiger partial charge in [-0.1, -0.05) is 35.5 Å². The lowest BCUT2D eigenvalue weighted by Crippen LogP contribution is -2.05. The number of hydrogen-bond donors (Lipinski definition) is 0. The molecule has 0 aliphatic carbocycles. The Balaban J connectivity index is 1.81. The van der Waals surface area contributed by atoms with Crippen LogP contribution in [0.3, 0.4) is 0 Å². The van der Waals surface area contributed by atoms with Gasteiger partial charge in [0.1, 0.15) is 5.69 Å². The zero-order valence-electron chi connectivity index (χ0n) is 14.5. The van der Waals surface area contributed by atoms with Gasteiger partial charge in [0.05, 0.1) is 22.5 Å². The second-order valence-electron chi connectivity index (χ2n) is 6.04. The molecular formula is C19H11F3N4O3. The second kappa shape index (κ2) is 6.89. The third-order valence-corrected chi connectivity index (χ3v) is 4.19. The van der Waals surface area contributed by atoms with Crippen molar-refractivity contribution in [3.8, 4) is 28.2 Å². The number of nitro groups is 1. The van der Waals surface area contributed by atoms with Crippen LogP contribution in [0.2, 0.25) is 0 Å². The van der Waals surface area contributed by atoms with E-state index in [-0.39, 0.29) is 22.6 Å². The summed E-state index contributed by atoms with van der Waals surface area (Å²) in [6, 6.07) is 13.9. The Kier molecular flexibility index (Phi) is 4.38. The molecule has 29 heavy (non-hydrogen) atoms. The third-order valence-electron chi connectivity index (χ3n) is 4.19. The van der Waals surface area contributed by atoms with E-state index in [1.807, 2.05) is 0 Å². The Morgan fingerprint density at radius 2 is 1.72 bits per heavy atom. The standard InChI is InChI=1S/C19H11F3N4O3/c20-19(21,22)18-16(17(24-29-18)12-4-2-1-3-5-12)15-10-25(11-23-15)13-6-8-14(9-7-13)26(27)28/h1-11H. The van der Waals surface area contributed by atoms with Crippen LogP contribution >= 0.6 is 0 Å². The van der Waals surface area contributed by atoms with Gasteiger partial charge in [0.2, 0.25) is 5.76 Å². The Bertz CT molecular complexity index is 1170. The average molecular weight is 400 g/mol. The molecule has 10 heteroatoms. The van der Waals surface area contributed by atoms with Gasteiger partial charge in [0.15, 0.2) is 0 Å². The molecule has 0 bridgehead atoms. The molecule has 0 fully saturated rings. The molecule has 2 heterocycles. The van der Waals surface area contributed by atoms with Crippen LogP contribution in [-0.4, -0.2) is 19.6 Å². The SMILES string of the molecule is O=[N+]([O-])c1ccc(-n2cnc(-c3c(-c4ccccc4)noc3C(F)(F)F)c2)cc1. The fraction of sp³-hybridized carbons (Fsp3) is 0.0526. The van der Waals surface area contributed by atoms with E-state index in [0.29, 0.717) is 11.3 Å². The molecule has 146 valence electrons. The Hall–Kier alpha value is -3.95. The van der Waals surface area contributed by atoms with E-state index in [2.05, 4.69) is 14.7 Å². The molecule has 0 aliphatic heterocycles. The highest BCUT2D eigenvalue weighted by atomic mass is 19.4. The monoisotopic (exact) mass is 400 g/mol. The van der Waals surface area contributed by atoms with E-state index in [4.69, 9.17) is 0 Å². The quantitative estimate of drug-likeness (QED) is 0.350. The number of alkyl halides is 3. The van der Waals surface area contributed by atoms with Gasteiger partial charge in [-0.2, -0.15) is 13.2 Å². The van der Waals surface area contributed by atoms with E-state index in [1.165, 1.54) is 41.4 Å². The third kappa shape index (κ3) is 3.47. The number of rotatable bonds is 4. The summed E-state index contributed by atoms with van der Waals surface area (Å²) in [4.78, 5) is 14.3. The molecule has 2 aromatic carbocycles. The summed E-state index contributed by atoms with van der Waals surface area (Å²) in [6.07, 6.45) is -2.06. The first-order valence-corrected chi connectivity index (χ1v) is 8.26. The lowest BCUT2D eigenvalue weighted by atomic mass is 10.0. The molecule has 0 saturated carbocycles. The minimum atomic E-state index is -4.76. The molecule has 0 saturated heterocycles. The molecule has 0 unspecified atom stereocenters. The topological polar surface area (TPSA) is 87.0 Å². The van der Waals surface area contributed by atoms with E-state index in [0.717, 1.165) is 0 Å². The molecule has 0 amide bonds. The fourth-order valence-corrected chi connectivity index (χ4v) is 2.85. The van der Waals surface area contributed by atoms with Gasteiger partial charge in [0.25, 0.3) is 5.69 Å². The van der Waals surface area contributed by atoms with Crippen molar-refractivity contribution in [2.24, 2.45) is 0 Å². The zero-order valence-corrected chi connectivity index (χ0v) is 14.5. The van der Waals surface area contributed by atoms with Crippen LogP contribution in [0.4, 0.5) is 18.9 Å². The molecule has 4 rings (SSSR count). The highest BCUT2D eigenvalue weighted by Gasteiger charge is 2.41. The van der Waals surface area contributed by atoms with Crippen molar-refractivity contribution in [3.05, 3.63) is 83.0 Å². The van der Waals surface area contributed by atoms with Gasteiger partial charge < -0.3 is 9.09 Å². The molecule has 2 aromatic heterocycles. The minimum Gasteiger partial charge on any atom is -0.350 e. The van der Waals surface area contributed by atoms with Crippen LogP contribution in [0.5, 0.6) is 0 Å². The summed E-state index contributed by atoms with van der Waals surface area (Å²) >= 11 is 0. The van der Waals surface area contributed by atoms with Crippen molar-refractivity contribution in [2.45, 2.75) is 6.18 Å². The number of imidazole rings is 1. The number of nitrogens with zero attached hydrogens (tertiary/aromatic N) is 4. The van der Waals surface area contributed by atoms with Gasteiger partial charge in [-0.15, -0.1) is 0 Å². The maximum Gasteiger partial charge on any atom is 0.453 e. The molecule has 0 N–H and O–H groups in total. The fourth-order valence-electron chi connectivity index (χ4n) is 2.85. The Morgan fingerprint density at radius 1 is 1.03 bits per heavy atom. The van der Waals surface area contributed by atoms with Crippen LogP contribution in [0.25, 0.3) is 28.2 Å². The van der Waals surface area contributed by atoms with Crippen LogP contribution < -0.4 is 0 Å². The van der Waals surface area contributed by atoms with E-state index < -0.39 is 16.9 Å². The summed E-state index contributed by atoms with van der Waals surface area (Å²) in [7, 11) is 0. The van der Waals surface area contributed by atoms with E-state index in [1.54, 1.807) is 30.3 Å². The number of non-ortho nitro benzene ring substituents is 1. The zero-order chi connectivity index (χ0) is 20.6. The first-order valence-electron chi connectivity index (χ1n) is 8.26. The summed E-state index contributed by atoms with van der Waals surface area (Å²) in [5, 5.41) is 14.4. The van der Waals surface area contributed by atoms with Crippen LogP contribution in [-0.2, 0) is 6.18 Å². The molecule has 0 spiro atoms. The predicted molar refractivity (Wildman–Crippen MR) is 96.2 cm³/mol. The minimum absolute atomic E-state index is 0.00998. The highest BCUT2D eigenvalue weighted by molar-refractivity contribution is 5.80. The average Bonchev–Trinajstić information content (AvgIpc) is 3.35. The van der Waals surface area contributed by atoms with Crippen molar-refractivity contribution in [3.63, 3.8) is 0 Å². The van der Waals surface area contributed by atoms with Crippen LogP contribution in [0.15, 0.2) is 71.6 Å². The summed E-state index contributed by atoms with van der Waals surface area (Å²) in [5.74, 6) is -1.25. The molecule has 0 radical (unpaired) electrons. The number of halogens is 3. The predicted octanol–water partition coefficient (Wildman–Crippen LogP) is 5.12. The van der Waals surface area contributed by atoms with Crippen molar-refractivity contribution in [1.29, 1.82) is 0 Å². The van der Waals surface area contributed by atoms with Crippen molar-refractivity contribution in [2.75, 3.05) is 0 Å². The summed E-state index contributed by atoms with van der Waals surface area (Å²) in [5.41, 5.74) is 0.609. The number of aromatic nitrogens is 3. The van der Waals surface area contributed by atoms with Gasteiger partial charge in [-0.3, -0.25) is 10.1 Å². The Labute approximate surface area is 161 Å². The van der Waals surface area contributed by atoms with Crippen molar-refractivity contribution < 1.29 is 22.6 Å². The first-order chi connectivity index (χ1) is 13.8. The molecule has 0 atom stereocenters. The first kappa shape index (κ1) is 18.4. The lowest BCUT2D eigenvalue weighted by Gasteiger charge is -2.05. The van der Waals surface area contributed by atoms with Crippen LogP contribution in [0.1, 0.15) is 5.76 Å². The number of nitro benzene ring substituents is 1. The summed E-state index contributed by atoms with van der Waals surface area (Å²) < 4.78 is 46.5. The highest BCUT2D eigenvalue weighted by Crippen LogP contribution is 2.42. The van der Waals surface area contributed by atoms with Crippen molar-refractivity contribution in [1.82, 2.24) is 14.7 Å². The second-order valence-corrected chi connectivity index (χ2v) is 6.04. The summed E-state index contributed by atoms with van der Waals surface area (Å²) in [6.45, 7) is 0. The molecule has 4 aromatic rings. The molecule has 0 aliphatic rings. The normalized spacial score (nSPS) is 11.6. The van der Waals surface area contributed by atoms with Gasteiger partial charge >= 0.3 is 6.18 Å². The van der Waals surface area contributed by atoms with Gasteiger partial charge in [0, 0.05) is 29.6 Å². The Morgan fingerprint density at radius 3 is 2.34 bits per heavy atom. The lowest BCUT2D eigenvalue weighted by molar-refractivity contribution is -0.384. The van der Waals surface area contributed by atoms with Gasteiger partial charge in [-0.25, -0.2) is 4.98 Å². The van der Waals surface area contributed by atoms with Gasteiger partial charge in [-0.05, 0) is 12.1 Å². The van der Waals surface area contributed by atoms with Crippen LogP contribution in [0, 0.1) is 10.1 Å². The molecular weight excluding hydrogens is 389 g/mol. The smallest absolute Gasteiger partial charge is 0.350 e. The molecule has 7 nitrogen and oxygen atoms in total. The van der Waals surface area contributed by atoms with E-state index in [9.17, 15) is 23.3 Å². The van der Waals surface area contributed by atoms with E-state index >= 15 is 0 Å². The number of hydrogen-bond acceptors (Lipinski definition) is 5. The van der Waals surface area contributed by atoms with Crippen molar-refractivity contribution >= 4 is 5.69 Å². The number of benzene rings is 2. The largest absolute Gasteiger partial charge is 0.453 e. The maximum atomic E-state index is 13.5.